The number of rotatable bonds is 4. The van der Waals surface area contributed by atoms with E-state index in [4.69, 9.17) is 0 Å². The van der Waals surface area contributed by atoms with Crippen LogP contribution in [0.25, 0.3) is 11.4 Å². The zero-order valence-corrected chi connectivity index (χ0v) is 14.3. The third-order valence-corrected chi connectivity index (χ3v) is 5.11. The van der Waals surface area contributed by atoms with Crippen molar-refractivity contribution in [2.45, 2.75) is 25.6 Å². The zero-order valence-electron chi connectivity index (χ0n) is 14.3. The van der Waals surface area contributed by atoms with E-state index in [0.29, 0.717) is 5.92 Å². The molecule has 1 saturated heterocycles. The van der Waals surface area contributed by atoms with Gasteiger partial charge in [-0.2, -0.15) is 11.1 Å². The summed E-state index contributed by atoms with van der Waals surface area (Å²) in [7, 11) is 0. The molecule has 0 radical (unpaired) electrons. The first-order chi connectivity index (χ1) is 12.8. The second-order valence-electron chi connectivity index (χ2n) is 6.94. The highest BCUT2D eigenvalue weighted by Crippen LogP contribution is 2.28. The van der Waals surface area contributed by atoms with Gasteiger partial charge in [-0.15, -0.1) is 0 Å². The van der Waals surface area contributed by atoms with Gasteiger partial charge in [0, 0.05) is 18.9 Å². The minimum absolute atomic E-state index is 0.00386. The number of hydrogen-bond donors (Lipinski definition) is 4. The van der Waals surface area contributed by atoms with Crippen molar-refractivity contribution in [1.82, 2.24) is 36.5 Å². The third kappa shape index (κ3) is 3.02. The second kappa shape index (κ2) is 6.62. The minimum atomic E-state index is -0.00386. The summed E-state index contributed by atoms with van der Waals surface area (Å²) < 4.78 is 2.19. The fourth-order valence-corrected chi connectivity index (χ4v) is 3.86. The standard InChI is InChI=1S/C19H21N7/c1-2-4-15-8-13(7-14(15)3-1)10-26-11-18(21-12-26)17-9-16(5-6-20-17)19-22-24-25-23-19/h1-6,9,11-13,19,22-25H,7-8,10H2. The molecule has 4 N–H and O–H groups in total. The van der Waals surface area contributed by atoms with Crippen molar-refractivity contribution < 1.29 is 0 Å². The van der Waals surface area contributed by atoms with Crippen LogP contribution >= 0.6 is 0 Å². The molecular weight excluding hydrogens is 326 g/mol. The lowest BCUT2D eigenvalue weighted by atomic mass is 10.1. The number of benzene rings is 1. The first kappa shape index (κ1) is 15.7. The van der Waals surface area contributed by atoms with Crippen LogP contribution in [0, 0.1) is 5.92 Å². The van der Waals surface area contributed by atoms with Gasteiger partial charge in [0.05, 0.1) is 12.0 Å². The van der Waals surface area contributed by atoms with Crippen LogP contribution in [0.5, 0.6) is 0 Å². The van der Waals surface area contributed by atoms with Crippen LogP contribution in [0.3, 0.4) is 0 Å². The molecule has 1 aromatic carbocycles. The van der Waals surface area contributed by atoms with Gasteiger partial charge in [-0.25, -0.2) is 15.8 Å². The van der Waals surface area contributed by atoms with Gasteiger partial charge in [0.15, 0.2) is 0 Å². The number of hydrazine groups is 3. The summed E-state index contributed by atoms with van der Waals surface area (Å²) in [6, 6.07) is 12.8. The fraction of sp³-hybridized carbons (Fsp3) is 0.263. The Morgan fingerprint density at radius 2 is 1.73 bits per heavy atom. The quantitative estimate of drug-likeness (QED) is 0.573. The summed E-state index contributed by atoms with van der Waals surface area (Å²) in [4.78, 5) is 9.06. The Morgan fingerprint density at radius 3 is 2.50 bits per heavy atom. The maximum absolute atomic E-state index is 4.57. The van der Waals surface area contributed by atoms with Crippen LogP contribution < -0.4 is 21.9 Å². The fourth-order valence-electron chi connectivity index (χ4n) is 3.86. The molecule has 26 heavy (non-hydrogen) atoms. The molecule has 1 aliphatic heterocycles. The van der Waals surface area contributed by atoms with E-state index in [2.05, 4.69) is 73.0 Å². The number of aromatic nitrogens is 3. The summed E-state index contributed by atoms with van der Waals surface area (Å²) in [6.07, 6.45) is 8.13. The monoisotopic (exact) mass is 347 g/mol. The lowest BCUT2D eigenvalue weighted by molar-refractivity contribution is 0.466. The first-order valence-electron chi connectivity index (χ1n) is 8.91. The number of imidazole rings is 1. The van der Waals surface area contributed by atoms with Gasteiger partial charge >= 0.3 is 0 Å². The molecule has 1 fully saturated rings. The molecular formula is C19H21N7. The Morgan fingerprint density at radius 1 is 0.962 bits per heavy atom. The lowest BCUT2D eigenvalue weighted by Gasteiger charge is -2.10. The third-order valence-electron chi connectivity index (χ3n) is 5.11. The number of nitrogens with one attached hydrogen (secondary N) is 4. The predicted molar refractivity (Wildman–Crippen MR) is 98.1 cm³/mol. The molecule has 132 valence electrons. The summed E-state index contributed by atoms with van der Waals surface area (Å²) in [5.41, 5.74) is 17.7. The highest BCUT2D eigenvalue weighted by molar-refractivity contribution is 5.54. The van der Waals surface area contributed by atoms with Crippen LogP contribution in [0.1, 0.15) is 22.9 Å². The number of nitrogens with zero attached hydrogens (tertiary/aromatic N) is 3. The van der Waals surface area contributed by atoms with E-state index < -0.39 is 0 Å². The van der Waals surface area contributed by atoms with Gasteiger partial charge in [0.1, 0.15) is 11.9 Å². The van der Waals surface area contributed by atoms with E-state index in [9.17, 15) is 0 Å². The van der Waals surface area contributed by atoms with Crippen LogP contribution in [0.4, 0.5) is 0 Å². The molecule has 7 nitrogen and oxygen atoms in total. The van der Waals surface area contributed by atoms with E-state index in [1.165, 1.54) is 11.1 Å². The molecule has 7 heteroatoms. The van der Waals surface area contributed by atoms with Crippen molar-refractivity contribution in [3.8, 4) is 11.4 Å². The molecule has 2 aromatic heterocycles. The minimum Gasteiger partial charge on any atom is -0.336 e. The summed E-state index contributed by atoms with van der Waals surface area (Å²) in [5, 5.41) is 0. The number of pyridine rings is 1. The van der Waals surface area contributed by atoms with Gasteiger partial charge in [-0.3, -0.25) is 4.98 Å². The summed E-state index contributed by atoms with van der Waals surface area (Å²) in [6.45, 7) is 0.987. The van der Waals surface area contributed by atoms with Crippen molar-refractivity contribution >= 4 is 0 Å². The molecule has 5 rings (SSSR count). The van der Waals surface area contributed by atoms with Gasteiger partial charge in [0.25, 0.3) is 0 Å². The van der Waals surface area contributed by atoms with Crippen LogP contribution in [0.15, 0.2) is 55.1 Å². The molecule has 3 heterocycles. The van der Waals surface area contributed by atoms with Gasteiger partial charge < -0.3 is 4.57 Å². The van der Waals surface area contributed by atoms with E-state index in [1.54, 1.807) is 0 Å². The maximum Gasteiger partial charge on any atom is 0.111 e. The van der Waals surface area contributed by atoms with Crippen LogP contribution in [-0.4, -0.2) is 14.5 Å². The Balaban J connectivity index is 1.31. The summed E-state index contributed by atoms with van der Waals surface area (Å²) in [5.74, 6) is 0.637. The average molecular weight is 347 g/mol. The Bertz CT molecular complexity index is 889. The molecule has 2 aliphatic rings. The highest BCUT2D eigenvalue weighted by atomic mass is 15.8. The van der Waals surface area contributed by atoms with E-state index in [-0.39, 0.29) is 6.17 Å². The Hall–Kier alpha value is -2.58. The molecule has 0 bridgehead atoms. The van der Waals surface area contributed by atoms with E-state index >= 15 is 0 Å². The maximum atomic E-state index is 4.57. The second-order valence-corrected chi connectivity index (χ2v) is 6.94. The van der Waals surface area contributed by atoms with Crippen molar-refractivity contribution in [3.05, 3.63) is 71.8 Å². The molecule has 1 aliphatic carbocycles. The van der Waals surface area contributed by atoms with Crippen LogP contribution in [0.2, 0.25) is 0 Å². The highest BCUT2D eigenvalue weighted by Gasteiger charge is 2.21. The van der Waals surface area contributed by atoms with Crippen LogP contribution in [-0.2, 0) is 19.4 Å². The number of hydrogen-bond acceptors (Lipinski definition) is 6. The summed E-state index contributed by atoms with van der Waals surface area (Å²) >= 11 is 0. The molecule has 3 aromatic rings. The van der Waals surface area contributed by atoms with Gasteiger partial charge in [-0.1, -0.05) is 24.3 Å². The number of fused-ring (bicyclic) bond motifs is 1. The topological polar surface area (TPSA) is 78.8 Å². The Labute approximate surface area is 151 Å². The molecule has 0 spiro atoms. The average Bonchev–Trinajstić information content (AvgIpc) is 3.42. The van der Waals surface area contributed by atoms with E-state index in [1.807, 2.05) is 18.6 Å². The SMILES string of the molecule is c1ccc2c(c1)CC(Cn1cnc(-c3cc(C4NNNN4)ccn3)c1)C2. The van der Waals surface area contributed by atoms with Crippen molar-refractivity contribution in [1.29, 1.82) is 0 Å². The predicted octanol–water partition coefficient (Wildman–Crippen LogP) is 1.48. The molecule has 0 unspecified atom stereocenters. The molecule has 0 atom stereocenters. The Kier molecular flexibility index (Phi) is 3.99. The zero-order chi connectivity index (χ0) is 17.3. The normalized spacial score (nSPS) is 17.7. The largest absolute Gasteiger partial charge is 0.336 e. The van der Waals surface area contributed by atoms with E-state index in [0.717, 1.165) is 36.3 Å². The first-order valence-corrected chi connectivity index (χ1v) is 8.91. The van der Waals surface area contributed by atoms with Gasteiger partial charge in [-0.05, 0) is 47.6 Å². The molecule has 0 amide bonds. The smallest absolute Gasteiger partial charge is 0.111 e. The van der Waals surface area contributed by atoms with Crippen molar-refractivity contribution in [3.63, 3.8) is 0 Å². The van der Waals surface area contributed by atoms with Gasteiger partial charge in [0.2, 0.25) is 0 Å². The van der Waals surface area contributed by atoms with Crippen molar-refractivity contribution in [2.75, 3.05) is 0 Å². The van der Waals surface area contributed by atoms with Crippen molar-refractivity contribution in [2.24, 2.45) is 5.92 Å². The lowest BCUT2D eigenvalue weighted by Crippen LogP contribution is -2.33. The molecule has 0 saturated carbocycles.